The predicted molar refractivity (Wildman–Crippen MR) is 114 cm³/mol. The summed E-state index contributed by atoms with van der Waals surface area (Å²) in [4.78, 5) is 14.6. The zero-order valence-electron chi connectivity index (χ0n) is 19.6. The molecule has 0 aliphatic rings. The van der Waals surface area contributed by atoms with E-state index in [1.807, 2.05) is 13.8 Å². The van der Waals surface area contributed by atoms with Crippen molar-refractivity contribution in [2.75, 3.05) is 42.7 Å². The van der Waals surface area contributed by atoms with Gasteiger partial charge in [0.05, 0.1) is 10.1 Å². The maximum absolute atomic E-state index is 14.6. The summed E-state index contributed by atoms with van der Waals surface area (Å²) in [6.07, 6.45) is 3.84. The number of carbonyl (C=O) groups is 1. The second kappa shape index (κ2) is 11.9. The van der Waals surface area contributed by atoms with Crippen molar-refractivity contribution in [3.63, 3.8) is 0 Å². The molecule has 0 amide bonds. The molecule has 0 bridgehead atoms. The predicted octanol–water partition coefficient (Wildman–Crippen LogP) is 4.21. The fourth-order valence-electron chi connectivity index (χ4n) is 4.90. The van der Waals surface area contributed by atoms with Crippen LogP contribution in [0.1, 0.15) is 66.2 Å². The first-order chi connectivity index (χ1) is 13.3. The fraction of sp³-hybridized carbons (Fsp3) is 0.947. The summed E-state index contributed by atoms with van der Waals surface area (Å²) in [5, 5.41) is -1.84. The van der Waals surface area contributed by atoms with Gasteiger partial charge >= 0.3 is 17.6 Å². The molecule has 0 aliphatic heterocycles. The summed E-state index contributed by atoms with van der Waals surface area (Å²) in [7, 11) is 2.68. The van der Waals surface area contributed by atoms with Crippen LogP contribution in [0.25, 0.3) is 0 Å². The lowest BCUT2D eigenvalue weighted by atomic mass is 9.82. The zero-order chi connectivity index (χ0) is 22.1. The van der Waals surface area contributed by atoms with Crippen LogP contribution in [0, 0.1) is 0 Å². The van der Waals surface area contributed by atoms with Gasteiger partial charge in [-0.1, -0.05) is 40.5 Å². The highest BCUT2D eigenvalue weighted by atomic mass is 28.4. The van der Waals surface area contributed by atoms with Crippen molar-refractivity contribution in [3.05, 3.63) is 0 Å². The van der Waals surface area contributed by atoms with Gasteiger partial charge in [0.25, 0.3) is 0 Å². The van der Waals surface area contributed by atoms with Gasteiger partial charge in [-0.25, -0.2) is 0 Å². The first-order valence-electron chi connectivity index (χ1n) is 10.1. The molecule has 0 saturated heterocycles. The molecule has 0 aromatic carbocycles. The first kappa shape index (κ1) is 27.9. The van der Waals surface area contributed by atoms with E-state index in [-0.39, 0.29) is 5.78 Å². The Morgan fingerprint density at radius 1 is 0.607 bits per heavy atom. The molecule has 0 radical (unpaired) electrons. The van der Waals surface area contributed by atoms with Crippen LogP contribution in [0.2, 0.25) is 10.1 Å². The summed E-state index contributed by atoms with van der Waals surface area (Å²) in [6, 6.07) is 0. The van der Waals surface area contributed by atoms with Crippen LogP contribution in [-0.4, -0.2) is 66.1 Å². The van der Waals surface area contributed by atoms with E-state index in [1.54, 1.807) is 42.7 Å². The molecule has 2 unspecified atom stereocenters. The van der Waals surface area contributed by atoms with E-state index >= 15 is 0 Å². The van der Waals surface area contributed by atoms with Crippen molar-refractivity contribution in [2.24, 2.45) is 0 Å². The smallest absolute Gasteiger partial charge is 0.376 e. The Bertz CT molecular complexity index is 413. The number of Topliss-reactive ketones (excluding diaryl/α,β-unsaturated/α-hetero) is 1. The molecular formula is C19H42O7Si2. The van der Waals surface area contributed by atoms with Gasteiger partial charge < -0.3 is 26.6 Å². The Balaban J connectivity index is 7.03. The van der Waals surface area contributed by atoms with Gasteiger partial charge in [-0.2, -0.15) is 0 Å². The fourth-order valence-corrected chi connectivity index (χ4v) is 11.4. The summed E-state index contributed by atoms with van der Waals surface area (Å²) in [5.41, 5.74) is 0. The van der Waals surface area contributed by atoms with Crippen molar-refractivity contribution in [3.8, 4) is 0 Å². The average molecular weight is 439 g/mol. The molecule has 0 heterocycles. The molecule has 0 aromatic heterocycles. The summed E-state index contributed by atoms with van der Waals surface area (Å²) in [6.45, 7) is 8.10. The third-order valence-electron chi connectivity index (χ3n) is 6.21. The lowest BCUT2D eigenvalue weighted by Gasteiger charge is -2.50. The summed E-state index contributed by atoms with van der Waals surface area (Å²) >= 11 is 0. The van der Waals surface area contributed by atoms with Gasteiger partial charge in [-0.15, -0.1) is 0 Å². The van der Waals surface area contributed by atoms with E-state index in [2.05, 4.69) is 13.8 Å². The molecule has 0 aliphatic carbocycles. The molecular weight excluding hydrogens is 396 g/mol. The molecule has 0 saturated carbocycles. The van der Waals surface area contributed by atoms with Crippen LogP contribution in [0.4, 0.5) is 0 Å². The van der Waals surface area contributed by atoms with E-state index in [0.29, 0.717) is 25.7 Å². The highest BCUT2D eigenvalue weighted by Gasteiger charge is 2.72. The largest absolute Gasteiger partial charge is 0.514 e. The Labute approximate surface area is 174 Å². The van der Waals surface area contributed by atoms with Crippen LogP contribution < -0.4 is 0 Å². The minimum atomic E-state index is -3.35. The Morgan fingerprint density at radius 2 is 0.857 bits per heavy atom. The zero-order valence-corrected chi connectivity index (χ0v) is 21.6. The van der Waals surface area contributed by atoms with Crippen molar-refractivity contribution in [2.45, 2.75) is 76.3 Å². The molecule has 0 rings (SSSR count). The normalized spacial score (nSPS) is 17.2. The maximum Gasteiger partial charge on any atom is 0.514 e. The van der Waals surface area contributed by atoms with E-state index < -0.39 is 27.7 Å². The van der Waals surface area contributed by atoms with E-state index in [9.17, 15) is 4.79 Å². The lowest BCUT2D eigenvalue weighted by molar-refractivity contribution is -0.131. The Morgan fingerprint density at radius 3 is 1.00 bits per heavy atom. The number of rotatable bonds is 16. The average Bonchev–Trinajstić information content (AvgIpc) is 2.74. The topological polar surface area (TPSA) is 72.5 Å². The molecule has 168 valence electrons. The van der Waals surface area contributed by atoms with Crippen molar-refractivity contribution >= 4 is 23.4 Å². The lowest BCUT2D eigenvalue weighted by Crippen LogP contribution is -2.65. The van der Waals surface area contributed by atoms with Gasteiger partial charge in [0.15, 0.2) is 5.78 Å². The van der Waals surface area contributed by atoms with Gasteiger partial charge in [0.1, 0.15) is 0 Å². The number of hydrogen-bond acceptors (Lipinski definition) is 7. The quantitative estimate of drug-likeness (QED) is 0.334. The van der Waals surface area contributed by atoms with E-state index in [1.165, 1.54) is 0 Å². The highest BCUT2D eigenvalue weighted by molar-refractivity contribution is 6.74. The summed E-state index contributed by atoms with van der Waals surface area (Å²) in [5.74, 6) is 0.0168. The minimum Gasteiger partial charge on any atom is -0.376 e. The maximum atomic E-state index is 14.6. The highest BCUT2D eigenvalue weighted by Crippen LogP contribution is 2.59. The molecule has 0 aromatic rings. The molecule has 0 N–H and O–H groups in total. The number of carbonyl (C=O) groups excluding carboxylic acids is 1. The van der Waals surface area contributed by atoms with Crippen LogP contribution in [0.5, 0.6) is 0 Å². The van der Waals surface area contributed by atoms with Crippen molar-refractivity contribution in [1.29, 1.82) is 0 Å². The van der Waals surface area contributed by atoms with Gasteiger partial charge in [-0.3, -0.25) is 4.79 Å². The molecule has 9 heteroatoms. The van der Waals surface area contributed by atoms with Crippen LogP contribution in [0.3, 0.4) is 0 Å². The standard InChI is InChI=1S/C19H42O7Si2/c1-11-15-18(13-3,27(21-5,22-6)23-7)17(20)19(14-4,16-12-2)28(24-8,25-9)26-10/h11-16H2,1-10H3. The van der Waals surface area contributed by atoms with Crippen molar-refractivity contribution in [1.82, 2.24) is 0 Å². The molecule has 2 atom stereocenters. The number of hydrogen-bond donors (Lipinski definition) is 0. The van der Waals surface area contributed by atoms with E-state index in [0.717, 1.165) is 12.8 Å². The van der Waals surface area contributed by atoms with Crippen LogP contribution >= 0.6 is 0 Å². The third-order valence-corrected chi connectivity index (χ3v) is 13.4. The summed E-state index contributed by atoms with van der Waals surface area (Å²) < 4.78 is 35.2. The minimum absolute atomic E-state index is 0.0168. The van der Waals surface area contributed by atoms with Crippen LogP contribution in [-0.2, 0) is 31.4 Å². The first-order valence-corrected chi connectivity index (χ1v) is 13.6. The van der Waals surface area contributed by atoms with E-state index in [4.69, 9.17) is 26.6 Å². The number of ketones is 1. The van der Waals surface area contributed by atoms with Gasteiger partial charge in [-0.05, 0) is 25.7 Å². The third kappa shape index (κ3) is 4.18. The van der Waals surface area contributed by atoms with Crippen LogP contribution in [0.15, 0.2) is 0 Å². The Hall–Kier alpha value is -0.136. The molecule has 0 spiro atoms. The molecule has 0 fully saturated rings. The van der Waals surface area contributed by atoms with Crippen molar-refractivity contribution < 1.29 is 31.4 Å². The second-order valence-corrected chi connectivity index (χ2v) is 13.6. The second-order valence-electron chi connectivity index (χ2n) is 7.04. The van der Waals surface area contributed by atoms with Gasteiger partial charge in [0.2, 0.25) is 0 Å². The monoisotopic (exact) mass is 438 g/mol. The van der Waals surface area contributed by atoms with Gasteiger partial charge in [0, 0.05) is 42.7 Å². The Kier molecular flexibility index (Phi) is 11.8. The molecule has 7 nitrogen and oxygen atoms in total. The SMILES string of the molecule is CCCC(CC)(C(=O)C(CC)(CCC)[Si](OC)(OC)OC)[Si](OC)(OC)OC. The molecule has 28 heavy (non-hydrogen) atoms.